The Morgan fingerprint density at radius 1 is 1.50 bits per heavy atom. The van der Waals surface area contributed by atoms with E-state index in [1.807, 2.05) is 32.2 Å². The Bertz CT molecular complexity index is 668. The number of benzene rings is 1. The fourth-order valence-electron chi connectivity index (χ4n) is 3.13. The summed E-state index contributed by atoms with van der Waals surface area (Å²) in [7, 11) is 1.85. The van der Waals surface area contributed by atoms with E-state index in [0.29, 0.717) is 5.92 Å². The molecule has 0 radical (unpaired) electrons. The van der Waals surface area contributed by atoms with Crippen LogP contribution in [0.3, 0.4) is 0 Å². The van der Waals surface area contributed by atoms with Crippen molar-refractivity contribution in [2.75, 3.05) is 33.2 Å². The Hall–Kier alpha value is -1.66. The number of para-hydroxylation sites is 1. The van der Waals surface area contributed by atoms with Crippen LogP contribution in [0.5, 0.6) is 0 Å². The molecule has 0 bridgehead atoms. The summed E-state index contributed by atoms with van der Waals surface area (Å²) in [5.41, 5.74) is 1.00. The number of carbonyl (C=O) groups excluding carboxylic acids is 1. The van der Waals surface area contributed by atoms with Crippen molar-refractivity contribution < 1.29 is 4.79 Å². The molecule has 0 saturated carbocycles. The molecule has 3 rings (SSSR count). The SMILES string of the molecule is CCN1CC[C@@H](CNC(=O)N(C)[C@H](C)c2nc3ccccc3s2)C1. The largest absolute Gasteiger partial charge is 0.338 e. The number of nitrogens with zero attached hydrogens (tertiary/aromatic N) is 3. The minimum absolute atomic E-state index is 0.0169. The average molecular weight is 347 g/mol. The van der Waals surface area contributed by atoms with E-state index in [9.17, 15) is 4.79 Å². The molecule has 0 unspecified atom stereocenters. The van der Waals surface area contributed by atoms with Gasteiger partial charge in [-0.3, -0.25) is 0 Å². The van der Waals surface area contributed by atoms with Gasteiger partial charge in [0.2, 0.25) is 0 Å². The first-order valence-electron chi connectivity index (χ1n) is 8.67. The van der Waals surface area contributed by atoms with Crippen LogP contribution in [0.2, 0.25) is 0 Å². The third-order valence-corrected chi connectivity index (χ3v) is 6.13. The maximum Gasteiger partial charge on any atom is 0.317 e. The molecule has 2 aromatic rings. The van der Waals surface area contributed by atoms with E-state index in [4.69, 9.17) is 0 Å². The standard InChI is InChI=1S/C18H26N4OS/c1-4-22-10-9-14(12-22)11-19-18(23)21(3)13(2)17-20-15-7-5-6-8-16(15)24-17/h5-8,13-14H,4,9-12H2,1-3H3,(H,19,23)/t13-,14+/m1/s1. The molecule has 1 aromatic heterocycles. The fourth-order valence-corrected chi connectivity index (χ4v) is 4.20. The van der Waals surface area contributed by atoms with E-state index in [0.717, 1.165) is 36.7 Å². The van der Waals surface area contributed by atoms with E-state index in [2.05, 4.69) is 28.2 Å². The molecule has 1 aliphatic heterocycles. The lowest BCUT2D eigenvalue weighted by Crippen LogP contribution is -2.41. The summed E-state index contributed by atoms with van der Waals surface area (Å²) in [4.78, 5) is 21.3. The van der Waals surface area contributed by atoms with Crippen LogP contribution in [0.25, 0.3) is 10.2 Å². The zero-order chi connectivity index (χ0) is 17.1. The lowest BCUT2D eigenvalue weighted by Gasteiger charge is -2.24. The average Bonchev–Trinajstić information content (AvgIpc) is 3.24. The van der Waals surface area contributed by atoms with Crippen molar-refractivity contribution in [1.29, 1.82) is 0 Å². The van der Waals surface area contributed by atoms with E-state index in [-0.39, 0.29) is 12.1 Å². The van der Waals surface area contributed by atoms with Gasteiger partial charge in [0.25, 0.3) is 0 Å². The molecule has 2 atom stereocenters. The molecule has 1 aromatic carbocycles. The first kappa shape index (κ1) is 17.2. The molecule has 24 heavy (non-hydrogen) atoms. The number of likely N-dealkylation sites (tertiary alicyclic amines) is 1. The number of aromatic nitrogens is 1. The number of rotatable bonds is 5. The van der Waals surface area contributed by atoms with Crippen molar-refractivity contribution in [1.82, 2.24) is 20.1 Å². The zero-order valence-electron chi connectivity index (χ0n) is 14.7. The Labute approximate surface area is 147 Å². The molecule has 1 fully saturated rings. The lowest BCUT2D eigenvalue weighted by atomic mass is 10.1. The summed E-state index contributed by atoms with van der Waals surface area (Å²) in [6.07, 6.45) is 1.17. The maximum absolute atomic E-state index is 12.5. The van der Waals surface area contributed by atoms with E-state index >= 15 is 0 Å². The minimum atomic E-state index is -0.0295. The monoisotopic (exact) mass is 346 g/mol. The van der Waals surface area contributed by atoms with Crippen LogP contribution in [-0.4, -0.2) is 54.0 Å². The van der Waals surface area contributed by atoms with Gasteiger partial charge < -0.3 is 15.1 Å². The van der Waals surface area contributed by atoms with Gasteiger partial charge >= 0.3 is 6.03 Å². The number of amides is 2. The van der Waals surface area contributed by atoms with Crippen molar-refractivity contribution in [2.45, 2.75) is 26.3 Å². The molecule has 5 nitrogen and oxygen atoms in total. The molecule has 1 saturated heterocycles. The van der Waals surface area contributed by atoms with Gasteiger partial charge in [0.15, 0.2) is 0 Å². The first-order valence-corrected chi connectivity index (χ1v) is 9.48. The van der Waals surface area contributed by atoms with Crippen molar-refractivity contribution in [3.63, 3.8) is 0 Å². The first-order chi connectivity index (χ1) is 11.6. The van der Waals surface area contributed by atoms with Crippen molar-refractivity contribution in [2.24, 2.45) is 5.92 Å². The smallest absolute Gasteiger partial charge is 0.317 e. The molecule has 1 aliphatic rings. The highest BCUT2D eigenvalue weighted by Crippen LogP contribution is 2.28. The number of nitrogens with one attached hydrogen (secondary N) is 1. The number of hydrogen-bond acceptors (Lipinski definition) is 4. The van der Waals surface area contributed by atoms with Crippen LogP contribution >= 0.6 is 11.3 Å². The molecule has 0 aliphatic carbocycles. The molecule has 6 heteroatoms. The molecule has 2 amide bonds. The fraction of sp³-hybridized carbons (Fsp3) is 0.556. The maximum atomic E-state index is 12.5. The van der Waals surface area contributed by atoms with E-state index in [1.165, 1.54) is 11.1 Å². The summed E-state index contributed by atoms with van der Waals surface area (Å²) in [6.45, 7) is 8.31. The van der Waals surface area contributed by atoms with Gasteiger partial charge in [0, 0.05) is 20.1 Å². The highest BCUT2D eigenvalue weighted by molar-refractivity contribution is 7.18. The summed E-state index contributed by atoms with van der Waals surface area (Å²) in [5.74, 6) is 0.569. The normalized spacial score (nSPS) is 19.5. The van der Waals surface area contributed by atoms with E-state index < -0.39 is 0 Å². The molecule has 2 heterocycles. The summed E-state index contributed by atoms with van der Waals surface area (Å²) in [5, 5.41) is 4.07. The van der Waals surface area contributed by atoms with E-state index in [1.54, 1.807) is 16.2 Å². The lowest BCUT2D eigenvalue weighted by molar-refractivity contribution is 0.192. The van der Waals surface area contributed by atoms with Crippen LogP contribution in [0.1, 0.15) is 31.3 Å². The Kier molecular flexibility index (Phi) is 5.36. The Morgan fingerprint density at radius 3 is 3.00 bits per heavy atom. The van der Waals surface area contributed by atoms with Gasteiger partial charge in [0.1, 0.15) is 5.01 Å². The number of urea groups is 1. The quantitative estimate of drug-likeness (QED) is 0.903. The van der Waals surface area contributed by atoms with Crippen LogP contribution in [0.4, 0.5) is 4.79 Å². The molecule has 0 spiro atoms. The van der Waals surface area contributed by atoms with Crippen molar-refractivity contribution in [3.05, 3.63) is 29.3 Å². The predicted molar refractivity (Wildman–Crippen MR) is 99.4 cm³/mol. The second-order valence-electron chi connectivity index (χ2n) is 6.54. The summed E-state index contributed by atoms with van der Waals surface area (Å²) >= 11 is 1.66. The molecule has 130 valence electrons. The number of hydrogen-bond donors (Lipinski definition) is 1. The predicted octanol–water partition coefficient (Wildman–Crippen LogP) is 3.34. The number of thiazole rings is 1. The second kappa shape index (κ2) is 7.49. The highest BCUT2D eigenvalue weighted by atomic mass is 32.1. The summed E-state index contributed by atoms with van der Waals surface area (Å²) in [6, 6.07) is 8.06. The van der Waals surface area contributed by atoms with Crippen molar-refractivity contribution in [3.8, 4) is 0 Å². The number of fused-ring (bicyclic) bond motifs is 1. The molecular formula is C18H26N4OS. The van der Waals surface area contributed by atoms with Gasteiger partial charge in [-0.1, -0.05) is 19.1 Å². The Balaban J connectivity index is 1.56. The van der Waals surface area contributed by atoms with Crippen LogP contribution < -0.4 is 5.32 Å². The van der Waals surface area contributed by atoms with Crippen LogP contribution in [0, 0.1) is 5.92 Å². The third kappa shape index (κ3) is 3.70. The van der Waals surface area contributed by atoms with Crippen molar-refractivity contribution >= 4 is 27.6 Å². The van der Waals surface area contributed by atoms with Crippen LogP contribution in [-0.2, 0) is 0 Å². The minimum Gasteiger partial charge on any atom is -0.338 e. The topological polar surface area (TPSA) is 48.5 Å². The summed E-state index contributed by atoms with van der Waals surface area (Å²) < 4.78 is 1.17. The van der Waals surface area contributed by atoms with Gasteiger partial charge in [0.05, 0.1) is 16.3 Å². The van der Waals surface area contributed by atoms with Gasteiger partial charge in [-0.25, -0.2) is 9.78 Å². The number of carbonyl (C=O) groups is 1. The Morgan fingerprint density at radius 2 is 2.29 bits per heavy atom. The van der Waals surface area contributed by atoms with Crippen LogP contribution in [0.15, 0.2) is 24.3 Å². The molecular weight excluding hydrogens is 320 g/mol. The second-order valence-corrected chi connectivity index (χ2v) is 7.60. The molecule has 1 N–H and O–H groups in total. The third-order valence-electron chi connectivity index (χ3n) is 4.93. The van der Waals surface area contributed by atoms with Gasteiger partial charge in [-0.15, -0.1) is 11.3 Å². The zero-order valence-corrected chi connectivity index (χ0v) is 15.5. The van der Waals surface area contributed by atoms with Gasteiger partial charge in [-0.05, 0) is 44.5 Å². The highest BCUT2D eigenvalue weighted by Gasteiger charge is 2.24. The van der Waals surface area contributed by atoms with Gasteiger partial charge in [-0.2, -0.15) is 0 Å².